The third-order valence-corrected chi connectivity index (χ3v) is 4.45. The Morgan fingerprint density at radius 3 is 2.48 bits per heavy atom. The molecule has 1 N–H and O–H groups in total. The molecule has 8 heteroatoms. The number of fused-ring (bicyclic) bond motifs is 1. The Hall–Kier alpha value is -3.10. The third kappa shape index (κ3) is 5.44. The summed E-state index contributed by atoms with van der Waals surface area (Å²) in [6, 6.07) is 16.0. The molecule has 7 nitrogen and oxygen atoms in total. The van der Waals surface area contributed by atoms with Gasteiger partial charge in [0.25, 0.3) is 11.8 Å². The van der Waals surface area contributed by atoms with Crippen molar-refractivity contribution in [2.75, 3.05) is 13.2 Å². The molecule has 0 aliphatic heterocycles. The van der Waals surface area contributed by atoms with Gasteiger partial charge in [-0.1, -0.05) is 30.3 Å². The van der Waals surface area contributed by atoms with E-state index in [0.717, 1.165) is 15.2 Å². The molecule has 0 unspecified atom stereocenters. The highest BCUT2D eigenvalue weighted by atomic mass is 32.1. The van der Waals surface area contributed by atoms with E-state index < -0.39 is 24.4 Å². The van der Waals surface area contributed by atoms with Gasteiger partial charge in [-0.25, -0.2) is 9.78 Å². The molecule has 0 atom stereocenters. The fraction of sp³-hybridized carbons (Fsp3) is 0.158. The average molecular weight is 384 g/mol. The summed E-state index contributed by atoms with van der Waals surface area (Å²) in [4.78, 5) is 39.5. The Morgan fingerprint density at radius 2 is 1.70 bits per heavy atom. The molecule has 0 spiro atoms. The van der Waals surface area contributed by atoms with Crippen LogP contribution in [0.1, 0.15) is 15.4 Å². The van der Waals surface area contributed by atoms with E-state index in [0.29, 0.717) is 5.56 Å². The number of thiazole rings is 1. The third-order valence-electron chi connectivity index (χ3n) is 3.44. The quantitative estimate of drug-likeness (QED) is 0.628. The predicted molar refractivity (Wildman–Crippen MR) is 99.2 cm³/mol. The molecule has 27 heavy (non-hydrogen) atoms. The average Bonchev–Trinajstić information content (AvgIpc) is 3.10. The number of hydrogen-bond acceptors (Lipinski definition) is 7. The molecule has 1 heterocycles. The normalized spacial score (nSPS) is 10.5. The molecule has 2 amide bonds. The second kappa shape index (κ2) is 9.02. The number of aromatic nitrogens is 1. The molecule has 0 bridgehead atoms. The molecular formula is C19H16N2O5S. The van der Waals surface area contributed by atoms with E-state index in [1.54, 1.807) is 30.3 Å². The summed E-state index contributed by atoms with van der Waals surface area (Å²) in [7, 11) is 0. The highest BCUT2D eigenvalue weighted by Gasteiger charge is 2.13. The Morgan fingerprint density at radius 1 is 0.963 bits per heavy atom. The van der Waals surface area contributed by atoms with E-state index in [1.165, 1.54) is 11.3 Å². The molecule has 0 fully saturated rings. The van der Waals surface area contributed by atoms with Crippen LogP contribution in [0, 0.1) is 0 Å². The van der Waals surface area contributed by atoms with E-state index in [2.05, 4.69) is 10.3 Å². The number of amides is 2. The molecule has 0 saturated heterocycles. The van der Waals surface area contributed by atoms with Gasteiger partial charge < -0.3 is 9.47 Å². The lowest BCUT2D eigenvalue weighted by molar-refractivity contribution is -0.153. The zero-order valence-corrected chi connectivity index (χ0v) is 15.0. The van der Waals surface area contributed by atoms with Crippen molar-refractivity contribution in [3.63, 3.8) is 0 Å². The van der Waals surface area contributed by atoms with E-state index in [4.69, 9.17) is 9.47 Å². The van der Waals surface area contributed by atoms with Gasteiger partial charge in [-0.05, 0) is 24.3 Å². The van der Waals surface area contributed by atoms with Crippen molar-refractivity contribution in [2.45, 2.75) is 6.61 Å². The SMILES string of the molecule is O=C(COC(=O)COCc1nc2ccccc2s1)NC(=O)c1ccccc1. The maximum absolute atomic E-state index is 11.8. The summed E-state index contributed by atoms with van der Waals surface area (Å²) >= 11 is 1.48. The first-order valence-corrected chi connectivity index (χ1v) is 8.90. The van der Waals surface area contributed by atoms with E-state index in [-0.39, 0.29) is 13.2 Å². The van der Waals surface area contributed by atoms with Crippen LogP contribution in [0.4, 0.5) is 0 Å². The van der Waals surface area contributed by atoms with Crippen LogP contribution in [0.2, 0.25) is 0 Å². The van der Waals surface area contributed by atoms with Gasteiger partial charge in [0.2, 0.25) is 0 Å². The molecule has 138 valence electrons. The van der Waals surface area contributed by atoms with Crippen molar-refractivity contribution in [2.24, 2.45) is 0 Å². The predicted octanol–water partition coefficient (Wildman–Crippen LogP) is 2.31. The van der Waals surface area contributed by atoms with Crippen LogP contribution in [-0.4, -0.2) is 36.0 Å². The summed E-state index contributed by atoms with van der Waals surface area (Å²) in [6.45, 7) is -0.690. The number of nitrogens with one attached hydrogen (secondary N) is 1. The van der Waals surface area contributed by atoms with Crippen molar-refractivity contribution in [3.8, 4) is 0 Å². The van der Waals surface area contributed by atoms with Gasteiger partial charge in [-0.2, -0.15) is 0 Å². The molecule has 2 aromatic carbocycles. The molecule has 0 saturated carbocycles. The van der Waals surface area contributed by atoms with Crippen LogP contribution >= 0.6 is 11.3 Å². The van der Waals surface area contributed by atoms with Crippen molar-refractivity contribution in [1.82, 2.24) is 10.3 Å². The first-order valence-electron chi connectivity index (χ1n) is 8.09. The monoisotopic (exact) mass is 384 g/mol. The molecular weight excluding hydrogens is 368 g/mol. The summed E-state index contributed by atoms with van der Waals surface area (Å²) < 4.78 is 11.1. The van der Waals surface area contributed by atoms with E-state index >= 15 is 0 Å². The Balaban J connectivity index is 1.36. The van der Waals surface area contributed by atoms with E-state index in [9.17, 15) is 14.4 Å². The minimum atomic E-state index is -0.705. The first kappa shape index (κ1) is 18.7. The number of carbonyl (C=O) groups excluding carboxylic acids is 3. The maximum Gasteiger partial charge on any atom is 0.332 e. The fourth-order valence-electron chi connectivity index (χ4n) is 2.22. The maximum atomic E-state index is 11.8. The lowest BCUT2D eigenvalue weighted by atomic mass is 10.2. The molecule has 0 aliphatic carbocycles. The van der Waals surface area contributed by atoms with Crippen molar-refractivity contribution in [3.05, 3.63) is 65.2 Å². The van der Waals surface area contributed by atoms with Gasteiger partial charge >= 0.3 is 5.97 Å². The lowest BCUT2D eigenvalue weighted by Crippen LogP contribution is -2.34. The van der Waals surface area contributed by atoms with Crippen LogP contribution in [0.3, 0.4) is 0 Å². The standard InChI is InChI=1S/C19H16N2O5S/c22-16(21-19(24)13-6-2-1-3-7-13)10-26-18(23)12-25-11-17-20-14-8-4-5-9-15(14)27-17/h1-9H,10-12H2,(H,21,22,24). The van der Waals surface area contributed by atoms with Crippen molar-refractivity contribution >= 4 is 39.3 Å². The minimum Gasteiger partial charge on any atom is -0.454 e. The molecule has 0 radical (unpaired) electrons. The number of benzene rings is 2. The van der Waals surface area contributed by atoms with Crippen LogP contribution in [0.5, 0.6) is 0 Å². The van der Waals surface area contributed by atoms with Gasteiger partial charge in [0.05, 0.1) is 16.8 Å². The summed E-state index contributed by atoms with van der Waals surface area (Å²) in [6.07, 6.45) is 0. The number of para-hydroxylation sites is 1. The van der Waals surface area contributed by atoms with Crippen molar-refractivity contribution in [1.29, 1.82) is 0 Å². The zero-order valence-electron chi connectivity index (χ0n) is 14.2. The molecule has 3 aromatic rings. The van der Waals surface area contributed by atoms with E-state index in [1.807, 2.05) is 24.3 Å². The number of nitrogens with zero attached hydrogens (tertiary/aromatic N) is 1. The number of carbonyl (C=O) groups is 3. The second-order valence-electron chi connectivity index (χ2n) is 5.47. The zero-order chi connectivity index (χ0) is 19.1. The highest BCUT2D eigenvalue weighted by molar-refractivity contribution is 7.18. The molecule has 3 rings (SSSR count). The second-order valence-corrected chi connectivity index (χ2v) is 6.59. The van der Waals surface area contributed by atoms with Crippen LogP contribution in [-0.2, 0) is 25.7 Å². The first-order chi connectivity index (χ1) is 13.1. The van der Waals surface area contributed by atoms with Gasteiger partial charge in [-0.15, -0.1) is 11.3 Å². The molecule has 0 aliphatic rings. The summed E-state index contributed by atoms with van der Waals surface area (Å²) in [5.41, 5.74) is 1.22. The van der Waals surface area contributed by atoms with Gasteiger partial charge in [-0.3, -0.25) is 14.9 Å². The fourth-order valence-corrected chi connectivity index (χ4v) is 3.12. The number of rotatable bonds is 7. The minimum absolute atomic E-state index is 0.174. The Kier molecular flexibility index (Phi) is 6.24. The smallest absolute Gasteiger partial charge is 0.332 e. The number of esters is 1. The number of hydrogen-bond donors (Lipinski definition) is 1. The van der Waals surface area contributed by atoms with Gasteiger partial charge in [0.15, 0.2) is 6.61 Å². The topological polar surface area (TPSA) is 94.6 Å². The highest BCUT2D eigenvalue weighted by Crippen LogP contribution is 2.21. The van der Waals surface area contributed by atoms with Crippen LogP contribution in [0.25, 0.3) is 10.2 Å². The van der Waals surface area contributed by atoms with Crippen LogP contribution in [0.15, 0.2) is 54.6 Å². The van der Waals surface area contributed by atoms with Gasteiger partial charge in [0, 0.05) is 5.56 Å². The molecule has 1 aromatic heterocycles. The number of imide groups is 1. The Bertz CT molecular complexity index is 922. The summed E-state index contributed by atoms with van der Waals surface area (Å²) in [5, 5.41) is 2.89. The Labute approximate surface area is 158 Å². The number of ether oxygens (including phenoxy) is 2. The van der Waals surface area contributed by atoms with Crippen molar-refractivity contribution < 1.29 is 23.9 Å². The van der Waals surface area contributed by atoms with Crippen LogP contribution < -0.4 is 5.32 Å². The largest absolute Gasteiger partial charge is 0.454 e. The summed E-state index contributed by atoms with van der Waals surface area (Å²) in [5.74, 6) is -1.95. The van der Waals surface area contributed by atoms with Gasteiger partial charge in [0.1, 0.15) is 11.6 Å². The lowest BCUT2D eigenvalue weighted by Gasteiger charge is -2.06.